The fourth-order valence-corrected chi connectivity index (χ4v) is 9.57. The first-order valence-electron chi connectivity index (χ1n) is 16.8. The maximum Gasteiger partial charge on any atom is 0.338 e. The van der Waals surface area contributed by atoms with Gasteiger partial charge in [0, 0.05) is 46.5 Å². The first-order chi connectivity index (χ1) is 23.3. The molecule has 3 aliphatic carbocycles. The summed E-state index contributed by atoms with van der Waals surface area (Å²) in [6.07, 6.45) is -1.46. The smallest absolute Gasteiger partial charge is 0.338 e. The fourth-order valence-electron chi connectivity index (χ4n) is 9.57. The molecule has 1 saturated heterocycles. The summed E-state index contributed by atoms with van der Waals surface area (Å²) in [7, 11) is 0. The first kappa shape index (κ1) is 37.0. The molecule has 2 saturated carbocycles. The molecule has 13 heteroatoms. The van der Waals surface area contributed by atoms with Crippen molar-refractivity contribution in [3.8, 4) is 0 Å². The van der Waals surface area contributed by atoms with Crippen LogP contribution in [-0.2, 0) is 57.1 Å². The summed E-state index contributed by atoms with van der Waals surface area (Å²) in [6.45, 7) is 12.9. The Morgan fingerprint density at radius 3 is 1.98 bits per heavy atom. The molecule has 0 unspecified atom stereocenters. The summed E-state index contributed by atoms with van der Waals surface area (Å²) < 4.78 is 43.9. The standard InChI is InChI=1S/C37H46O13/c1-19-17-37(50-24(6)42)28(29(19)46-21(3)39)31(47-22(4)40)36-18-44-35(9,33(37)48-32(43)25-13-11-10-12-14-25)30(36)26(34(7,8)49-23(5)41)15-16-27(36)45-20(2)38/h10-16,19,26-31,33H,17-18H2,1-9H3/t19-,26-,27+,28+,29-,30-,31+,33-,35+,36+,37+/m0/s1. The van der Waals surface area contributed by atoms with Crippen LogP contribution in [0.1, 0.15) is 79.1 Å². The van der Waals surface area contributed by atoms with E-state index in [1.54, 1.807) is 70.2 Å². The van der Waals surface area contributed by atoms with Crippen LogP contribution in [0.5, 0.6) is 0 Å². The first-order valence-corrected chi connectivity index (χ1v) is 16.8. The summed E-state index contributed by atoms with van der Waals surface area (Å²) in [6, 6.07) is 8.23. The average Bonchev–Trinajstić information content (AvgIpc) is 3.43. The zero-order valence-electron chi connectivity index (χ0n) is 29.9. The van der Waals surface area contributed by atoms with Crippen molar-refractivity contribution in [1.82, 2.24) is 0 Å². The van der Waals surface area contributed by atoms with Gasteiger partial charge in [-0.05, 0) is 51.3 Å². The number of hydrogen-bond acceptors (Lipinski definition) is 13. The molecule has 1 aromatic carbocycles. The average molecular weight is 699 g/mol. The Hall–Kier alpha value is -4.26. The van der Waals surface area contributed by atoms with Crippen LogP contribution in [-0.4, -0.2) is 83.6 Å². The number of hydrogen-bond donors (Lipinski definition) is 0. The van der Waals surface area contributed by atoms with Gasteiger partial charge in [0.05, 0.1) is 23.5 Å². The van der Waals surface area contributed by atoms with Crippen molar-refractivity contribution in [2.45, 2.75) is 110 Å². The molecule has 5 rings (SSSR count). The molecule has 0 aromatic heterocycles. The Balaban J connectivity index is 1.90. The van der Waals surface area contributed by atoms with Gasteiger partial charge in [0.25, 0.3) is 0 Å². The van der Waals surface area contributed by atoms with E-state index < -0.39 is 106 Å². The fraction of sp³-hybridized carbons (Fsp3) is 0.622. The molecule has 50 heavy (non-hydrogen) atoms. The lowest BCUT2D eigenvalue weighted by Crippen LogP contribution is -2.64. The van der Waals surface area contributed by atoms with Crippen LogP contribution in [0.4, 0.5) is 0 Å². The molecule has 0 radical (unpaired) electrons. The van der Waals surface area contributed by atoms with E-state index in [0.717, 1.165) is 0 Å². The van der Waals surface area contributed by atoms with Gasteiger partial charge in [-0.15, -0.1) is 0 Å². The van der Waals surface area contributed by atoms with E-state index in [2.05, 4.69) is 0 Å². The molecule has 1 aromatic rings. The molecule has 1 heterocycles. The minimum absolute atomic E-state index is 0.00507. The summed E-state index contributed by atoms with van der Waals surface area (Å²) >= 11 is 0. The molecule has 272 valence electrons. The van der Waals surface area contributed by atoms with Crippen LogP contribution >= 0.6 is 0 Å². The van der Waals surface area contributed by atoms with Crippen molar-refractivity contribution >= 4 is 35.8 Å². The zero-order valence-corrected chi connectivity index (χ0v) is 29.9. The minimum Gasteiger partial charge on any atom is -0.462 e. The van der Waals surface area contributed by atoms with Gasteiger partial charge in [0.1, 0.15) is 29.5 Å². The van der Waals surface area contributed by atoms with Gasteiger partial charge in [-0.3, -0.25) is 24.0 Å². The van der Waals surface area contributed by atoms with Crippen molar-refractivity contribution in [2.75, 3.05) is 6.61 Å². The van der Waals surface area contributed by atoms with Gasteiger partial charge in [-0.2, -0.15) is 0 Å². The third kappa shape index (κ3) is 6.07. The largest absolute Gasteiger partial charge is 0.462 e. The highest BCUT2D eigenvalue weighted by atomic mass is 16.6. The SMILES string of the molecule is CC(=O)O[C@@H]1[C@@H]2[C@@H](OC(C)=O)[C@@]34CO[C@@](C)([C@H](OC(=O)c5ccccc5)[C@@]2(OC(C)=O)C[C@@H]1C)[C@@H]3[C@@H](C(C)(C)OC(C)=O)C=C[C@H]4OC(C)=O. The van der Waals surface area contributed by atoms with Crippen LogP contribution in [0.3, 0.4) is 0 Å². The molecule has 11 atom stereocenters. The number of carbonyl (C=O) groups excluding carboxylic acids is 6. The van der Waals surface area contributed by atoms with Gasteiger partial charge in [-0.25, -0.2) is 4.79 Å². The van der Waals surface area contributed by atoms with Crippen LogP contribution < -0.4 is 0 Å². The normalized spacial score (nSPS) is 36.9. The molecule has 3 fully saturated rings. The van der Waals surface area contributed by atoms with E-state index >= 15 is 0 Å². The molecule has 0 amide bonds. The second-order valence-electron chi connectivity index (χ2n) is 14.7. The van der Waals surface area contributed by atoms with Crippen molar-refractivity contribution < 1.29 is 61.9 Å². The van der Waals surface area contributed by atoms with Crippen molar-refractivity contribution in [3.05, 3.63) is 48.0 Å². The van der Waals surface area contributed by atoms with Crippen LogP contribution in [0.2, 0.25) is 0 Å². The highest BCUT2D eigenvalue weighted by molar-refractivity contribution is 5.89. The second-order valence-corrected chi connectivity index (χ2v) is 14.7. The minimum atomic E-state index is -1.81. The van der Waals surface area contributed by atoms with E-state index in [9.17, 15) is 28.8 Å². The molecule has 0 spiro atoms. The summed E-state index contributed by atoms with van der Waals surface area (Å²) in [5.41, 5.74) is -5.93. The Morgan fingerprint density at radius 1 is 0.800 bits per heavy atom. The third-order valence-corrected chi connectivity index (χ3v) is 10.8. The molecular formula is C37H46O13. The quantitative estimate of drug-likeness (QED) is 0.218. The topological polar surface area (TPSA) is 167 Å². The van der Waals surface area contributed by atoms with Gasteiger partial charge in [0.2, 0.25) is 0 Å². The number of fused-ring (bicyclic) bond motifs is 1. The van der Waals surface area contributed by atoms with E-state index in [1.807, 2.05) is 0 Å². The molecular weight excluding hydrogens is 652 g/mol. The summed E-state index contributed by atoms with van der Waals surface area (Å²) in [5, 5.41) is 0. The summed E-state index contributed by atoms with van der Waals surface area (Å²) in [4.78, 5) is 78.6. The highest BCUT2D eigenvalue weighted by Gasteiger charge is 2.82. The molecule has 4 aliphatic rings. The predicted molar refractivity (Wildman–Crippen MR) is 173 cm³/mol. The Bertz CT molecular complexity index is 1580. The Labute approximate surface area is 291 Å². The van der Waals surface area contributed by atoms with Crippen molar-refractivity contribution in [1.29, 1.82) is 0 Å². The number of esters is 6. The number of ether oxygens (including phenoxy) is 7. The second kappa shape index (κ2) is 13.1. The lowest BCUT2D eigenvalue weighted by atomic mass is 9.54. The van der Waals surface area contributed by atoms with Gasteiger partial charge >= 0.3 is 35.8 Å². The number of rotatable bonds is 8. The van der Waals surface area contributed by atoms with Crippen LogP contribution in [0, 0.1) is 29.1 Å². The predicted octanol–water partition coefficient (Wildman–Crippen LogP) is 3.90. The maximum absolute atomic E-state index is 14.1. The van der Waals surface area contributed by atoms with E-state index in [0.29, 0.717) is 0 Å². The lowest BCUT2D eigenvalue weighted by Gasteiger charge is -2.53. The number of benzene rings is 1. The van der Waals surface area contributed by atoms with Gasteiger partial charge < -0.3 is 33.2 Å². The highest BCUT2D eigenvalue weighted by Crippen LogP contribution is 2.69. The molecule has 13 nitrogen and oxygen atoms in total. The Morgan fingerprint density at radius 2 is 1.42 bits per heavy atom. The lowest BCUT2D eigenvalue weighted by molar-refractivity contribution is -0.239. The third-order valence-electron chi connectivity index (χ3n) is 10.8. The van der Waals surface area contributed by atoms with Crippen molar-refractivity contribution in [2.24, 2.45) is 29.1 Å². The Kier molecular flexibility index (Phi) is 9.72. The monoisotopic (exact) mass is 698 g/mol. The van der Waals surface area contributed by atoms with Crippen LogP contribution in [0.25, 0.3) is 0 Å². The van der Waals surface area contributed by atoms with Crippen LogP contribution in [0.15, 0.2) is 42.5 Å². The van der Waals surface area contributed by atoms with Gasteiger partial charge in [-0.1, -0.05) is 31.2 Å². The molecule has 1 aliphatic heterocycles. The van der Waals surface area contributed by atoms with Gasteiger partial charge in [0.15, 0.2) is 11.7 Å². The summed E-state index contributed by atoms with van der Waals surface area (Å²) in [5.74, 6) is -7.36. The molecule has 0 N–H and O–H groups in total. The van der Waals surface area contributed by atoms with Crippen molar-refractivity contribution in [3.63, 3.8) is 0 Å². The number of carbonyl (C=O) groups is 6. The maximum atomic E-state index is 14.1. The van der Waals surface area contributed by atoms with E-state index in [4.69, 9.17) is 33.2 Å². The zero-order chi connectivity index (χ0) is 37.0. The molecule has 2 bridgehead atoms. The van der Waals surface area contributed by atoms with E-state index in [-0.39, 0.29) is 18.6 Å². The van der Waals surface area contributed by atoms with E-state index in [1.165, 1.54) is 34.6 Å².